The van der Waals surface area contributed by atoms with E-state index in [1.54, 1.807) is 0 Å². The van der Waals surface area contributed by atoms with Crippen LogP contribution >= 0.6 is 0 Å². The molecule has 2 amide bonds. The Hall–Kier alpha value is -1.68. The molecule has 112 valence electrons. The van der Waals surface area contributed by atoms with E-state index in [4.69, 9.17) is 0 Å². The molecule has 4 heteroatoms. The van der Waals surface area contributed by atoms with Gasteiger partial charge in [0.15, 0.2) is 0 Å². The number of likely N-dealkylation sites (N-methyl/N-ethyl adjacent to an activating group) is 1. The number of likely N-dealkylation sites (tertiary alicyclic amines) is 1. The summed E-state index contributed by atoms with van der Waals surface area (Å²) in [4.78, 5) is 25.8. The Balaban J connectivity index is 1.81. The van der Waals surface area contributed by atoms with Crippen molar-refractivity contribution in [1.29, 1.82) is 0 Å². The van der Waals surface area contributed by atoms with Crippen LogP contribution in [-0.4, -0.2) is 29.8 Å². The van der Waals surface area contributed by atoms with E-state index in [-0.39, 0.29) is 29.7 Å². The lowest BCUT2D eigenvalue weighted by atomic mass is 9.98. The summed E-state index contributed by atoms with van der Waals surface area (Å²) in [6, 6.07) is 6.34. The third-order valence-corrected chi connectivity index (χ3v) is 4.57. The summed E-state index contributed by atoms with van der Waals surface area (Å²) in [6.07, 6.45) is 0.767. The number of rotatable bonds is 5. The standard InChI is InChI=1S/C17H22N2O2/c1-4-18-15(12-6-5-10(2)7-11(12)3)9-19-16(20)13-8-14(13)17(19)21/h5-7,13-15,18H,4,8-9H2,1-3H3. The van der Waals surface area contributed by atoms with Crippen LogP contribution in [0.2, 0.25) is 0 Å². The van der Waals surface area contributed by atoms with Gasteiger partial charge in [0.05, 0.1) is 17.9 Å². The molecule has 1 aromatic carbocycles. The maximum atomic E-state index is 12.1. The molecule has 1 heterocycles. The lowest BCUT2D eigenvalue weighted by Crippen LogP contribution is -2.40. The van der Waals surface area contributed by atoms with Gasteiger partial charge in [0, 0.05) is 6.54 Å². The van der Waals surface area contributed by atoms with Crippen molar-refractivity contribution in [3.05, 3.63) is 34.9 Å². The molecule has 1 aliphatic carbocycles. The molecule has 1 aromatic rings. The first-order valence-electron chi connectivity index (χ1n) is 7.68. The molecule has 21 heavy (non-hydrogen) atoms. The number of fused-ring (bicyclic) bond motifs is 1. The molecule has 1 saturated carbocycles. The molecule has 0 bridgehead atoms. The predicted molar refractivity (Wildman–Crippen MR) is 80.7 cm³/mol. The van der Waals surface area contributed by atoms with Gasteiger partial charge >= 0.3 is 0 Å². The highest BCUT2D eigenvalue weighted by molar-refractivity contribution is 6.08. The summed E-state index contributed by atoms with van der Waals surface area (Å²) in [5.74, 6) is 0.0214. The maximum Gasteiger partial charge on any atom is 0.233 e. The van der Waals surface area contributed by atoms with Crippen LogP contribution in [0.15, 0.2) is 18.2 Å². The first-order chi connectivity index (χ1) is 10.0. The van der Waals surface area contributed by atoms with Gasteiger partial charge in [-0.15, -0.1) is 0 Å². The van der Waals surface area contributed by atoms with Crippen LogP contribution in [-0.2, 0) is 9.59 Å². The summed E-state index contributed by atoms with van der Waals surface area (Å²) in [5.41, 5.74) is 3.59. The minimum atomic E-state index is -0.0149. The number of carbonyl (C=O) groups is 2. The Morgan fingerprint density at radius 1 is 1.24 bits per heavy atom. The summed E-state index contributed by atoms with van der Waals surface area (Å²) in [6.45, 7) is 7.45. The highest BCUT2D eigenvalue weighted by atomic mass is 16.2. The molecule has 1 N–H and O–H groups in total. The predicted octanol–water partition coefficient (Wildman–Crippen LogP) is 1.96. The van der Waals surface area contributed by atoms with Crippen LogP contribution in [0.3, 0.4) is 0 Å². The second kappa shape index (κ2) is 5.26. The number of nitrogens with one attached hydrogen (secondary N) is 1. The SMILES string of the molecule is CCNC(CN1C(=O)C2CC2C1=O)c1ccc(C)cc1C. The third-order valence-electron chi connectivity index (χ3n) is 4.57. The third kappa shape index (κ3) is 2.48. The zero-order chi connectivity index (χ0) is 15.1. The first-order valence-corrected chi connectivity index (χ1v) is 7.68. The molecule has 3 unspecified atom stereocenters. The number of benzene rings is 1. The second-order valence-corrected chi connectivity index (χ2v) is 6.21. The monoisotopic (exact) mass is 286 g/mol. The van der Waals surface area contributed by atoms with E-state index in [0.717, 1.165) is 13.0 Å². The van der Waals surface area contributed by atoms with Crippen molar-refractivity contribution in [2.75, 3.05) is 13.1 Å². The average molecular weight is 286 g/mol. The minimum Gasteiger partial charge on any atom is -0.309 e. The zero-order valence-corrected chi connectivity index (χ0v) is 12.8. The van der Waals surface area contributed by atoms with E-state index in [9.17, 15) is 9.59 Å². The Labute approximate surface area is 125 Å². The molecule has 0 radical (unpaired) electrons. The lowest BCUT2D eigenvalue weighted by Gasteiger charge is -2.26. The topological polar surface area (TPSA) is 49.4 Å². The van der Waals surface area contributed by atoms with Crippen molar-refractivity contribution < 1.29 is 9.59 Å². The molecule has 1 saturated heterocycles. The van der Waals surface area contributed by atoms with E-state index in [0.29, 0.717) is 6.54 Å². The molecule has 4 nitrogen and oxygen atoms in total. The first kappa shape index (κ1) is 14.3. The highest BCUT2D eigenvalue weighted by Gasteiger charge is 2.58. The Morgan fingerprint density at radius 2 is 1.90 bits per heavy atom. The number of nitrogens with zero attached hydrogens (tertiary/aromatic N) is 1. The fourth-order valence-corrected chi connectivity index (χ4v) is 3.35. The van der Waals surface area contributed by atoms with Gasteiger partial charge in [-0.1, -0.05) is 30.7 Å². The smallest absolute Gasteiger partial charge is 0.233 e. The molecule has 3 atom stereocenters. The van der Waals surface area contributed by atoms with Crippen molar-refractivity contribution in [2.24, 2.45) is 11.8 Å². The molecular weight excluding hydrogens is 264 g/mol. The lowest BCUT2D eigenvalue weighted by molar-refractivity contribution is -0.141. The fourth-order valence-electron chi connectivity index (χ4n) is 3.35. The van der Waals surface area contributed by atoms with Crippen LogP contribution in [0.4, 0.5) is 0 Å². The van der Waals surface area contributed by atoms with E-state index in [2.05, 4.69) is 37.4 Å². The van der Waals surface area contributed by atoms with Gasteiger partial charge < -0.3 is 5.32 Å². The number of amides is 2. The Kier molecular flexibility index (Phi) is 3.57. The van der Waals surface area contributed by atoms with Crippen molar-refractivity contribution in [3.63, 3.8) is 0 Å². The fraction of sp³-hybridized carbons (Fsp3) is 0.529. The van der Waals surface area contributed by atoms with Crippen molar-refractivity contribution in [3.8, 4) is 0 Å². The minimum absolute atomic E-state index is 0.0148. The van der Waals surface area contributed by atoms with E-state index < -0.39 is 0 Å². The van der Waals surface area contributed by atoms with Gasteiger partial charge in [-0.2, -0.15) is 0 Å². The van der Waals surface area contributed by atoms with Crippen LogP contribution < -0.4 is 5.32 Å². The normalized spacial score (nSPS) is 25.2. The summed E-state index contributed by atoms with van der Waals surface area (Å²) in [7, 11) is 0. The van der Waals surface area contributed by atoms with Crippen molar-refractivity contribution in [2.45, 2.75) is 33.2 Å². The van der Waals surface area contributed by atoms with E-state index in [1.807, 2.05) is 6.92 Å². The molecule has 0 spiro atoms. The van der Waals surface area contributed by atoms with Gasteiger partial charge in [-0.3, -0.25) is 14.5 Å². The molecule has 0 aromatic heterocycles. The van der Waals surface area contributed by atoms with Gasteiger partial charge in [-0.05, 0) is 37.9 Å². The number of hydrogen-bond donors (Lipinski definition) is 1. The van der Waals surface area contributed by atoms with Gasteiger partial charge in [-0.25, -0.2) is 0 Å². The number of hydrogen-bond acceptors (Lipinski definition) is 3. The number of carbonyl (C=O) groups excluding carboxylic acids is 2. The molecule has 3 rings (SSSR count). The van der Waals surface area contributed by atoms with Crippen LogP contribution in [0.1, 0.15) is 36.1 Å². The highest BCUT2D eigenvalue weighted by Crippen LogP contribution is 2.47. The number of imide groups is 1. The summed E-state index contributed by atoms with van der Waals surface area (Å²) >= 11 is 0. The van der Waals surface area contributed by atoms with Gasteiger partial charge in [0.2, 0.25) is 11.8 Å². The Bertz CT molecular complexity index is 576. The molecular formula is C17H22N2O2. The van der Waals surface area contributed by atoms with E-state index in [1.165, 1.54) is 21.6 Å². The molecule has 2 fully saturated rings. The zero-order valence-electron chi connectivity index (χ0n) is 12.8. The van der Waals surface area contributed by atoms with Crippen LogP contribution in [0.25, 0.3) is 0 Å². The van der Waals surface area contributed by atoms with E-state index >= 15 is 0 Å². The second-order valence-electron chi connectivity index (χ2n) is 6.21. The Morgan fingerprint density at radius 3 is 2.48 bits per heavy atom. The maximum absolute atomic E-state index is 12.1. The van der Waals surface area contributed by atoms with Gasteiger partial charge in [0.25, 0.3) is 0 Å². The molecule has 2 aliphatic rings. The van der Waals surface area contributed by atoms with Crippen molar-refractivity contribution >= 4 is 11.8 Å². The molecule has 1 aliphatic heterocycles. The van der Waals surface area contributed by atoms with Crippen LogP contribution in [0.5, 0.6) is 0 Å². The number of aryl methyl sites for hydroxylation is 2. The number of piperidine rings is 1. The quantitative estimate of drug-likeness (QED) is 0.842. The van der Waals surface area contributed by atoms with Crippen LogP contribution in [0, 0.1) is 25.7 Å². The largest absolute Gasteiger partial charge is 0.309 e. The van der Waals surface area contributed by atoms with Crippen molar-refractivity contribution in [1.82, 2.24) is 10.2 Å². The summed E-state index contributed by atoms with van der Waals surface area (Å²) < 4.78 is 0. The summed E-state index contributed by atoms with van der Waals surface area (Å²) in [5, 5.41) is 3.41. The van der Waals surface area contributed by atoms with Gasteiger partial charge in [0.1, 0.15) is 0 Å². The average Bonchev–Trinajstić information content (AvgIpc) is 3.18.